The van der Waals surface area contributed by atoms with Gasteiger partial charge < -0.3 is 5.11 Å². The number of aryl methyl sites for hydroxylation is 1. The summed E-state index contributed by atoms with van der Waals surface area (Å²) in [5.74, 6) is -2.20. The van der Waals surface area contributed by atoms with Gasteiger partial charge in [0.15, 0.2) is 0 Å². The normalized spacial score (nSPS) is 10.7. The summed E-state index contributed by atoms with van der Waals surface area (Å²) >= 11 is 0. The maximum Gasteiger partial charge on any atom is 0.359 e. The predicted molar refractivity (Wildman–Crippen MR) is 46.8 cm³/mol. The van der Waals surface area contributed by atoms with Crippen LogP contribution < -0.4 is 0 Å². The Balaban J connectivity index is 2.79. The molecule has 0 saturated carbocycles. The van der Waals surface area contributed by atoms with E-state index in [2.05, 4.69) is 4.98 Å². The highest BCUT2D eigenvalue weighted by atomic mass is 19.1. The molecule has 0 aromatic carbocycles. The van der Waals surface area contributed by atoms with Crippen LogP contribution in [0.2, 0.25) is 0 Å². The van der Waals surface area contributed by atoms with Crippen LogP contribution in [0.3, 0.4) is 0 Å². The third-order valence-corrected chi connectivity index (χ3v) is 1.93. The van der Waals surface area contributed by atoms with Gasteiger partial charge in [0.25, 0.3) is 0 Å². The van der Waals surface area contributed by atoms with Gasteiger partial charge in [0.05, 0.1) is 0 Å². The van der Waals surface area contributed by atoms with Gasteiger partial charge in [-0.2, -0.15) is 4.39 Å². The Bertz CT molecular complexity index is 519. The van der Waals surface area contributed by atoms with Crippen molar-refractivity contribution in [2.45, 2.75) is 6.92 Å². The maximum atomic E-state index is 13.3. The monoisotopic (exact) mass is 194 g/mol. The van der Waals surface area contributed by atoms with E-state index in [1.807, 2.05) is 6.92 Å². The molecule has 0 spiro atoms. The fourth-order valence-electron chi connectivity index (χ4n) is 1.25. The SMILES string of the molecule is Cc1ccn2c(F)c(C(=O)O)nc2c1. The molecule has 72 valence electrons. The summed E-state index contributed by atoms with van der Waals surface area (Å²) in [7, 11) is 0. The largest absolute Gasteiger partial charge is 0.476 e. The zero-order valence-electron chi connectivity index (χ0n) is 7.36. The van der Waals surface area contributed by atoms with Crippen LogP contribution in [0, 0.1) is 12.9 Å². The number of rotatable bonds is 1. The number of hydrogen-bond acceptors (Lipinski definition) is 2. The number of aromatic carboxylic acids is 1. The van der Waals surface area contributed by atoms with Crippen molar-refractivity contribution >= 4 is 11.6 Å². The molecule has 0 radical (unpaired) electrons. The molecule has 2 aromatic rings. The highest BCUT2D eigenvalue weighted by Gasteiger charge is 2.17. The van der Waals surface area contributed by atoms with Crippen molar-refractivity contribution in [3.63, 3.8) is 0 Å². The Morgan fingerprint density at radius 2 is 2.36 bits per heavy atom. The first-order chi connectivity index (χ1) is 6.59. The molecule has 2 heterocycles. The van der Waals surface area contributed by atoms with Crippen LogP contribution in [0.15, 0.2) is 18.3 Å². The van der Waals surface area contributed by atoms with E-state index in [9.17, 15) is 9.18 Å². The number of imidazole rings is 1. The van der Waals surface area contributed by atoms with E-state index in [1.165, 1.54) is 6.20 Å². The molecule has 5 heteroatoms. The summed E-state index contributed by atoms with van der Waals surface area (Å²) in [4.78, 5) is 14.2. The zero-order chi connectivity index (χ0) is 10.3. The first kappa shape index (κ1) is 8.68. The summed E-state index contributed by atoms with van der Waals surface area (Å²) in [6.07, 6.45) is 1.46. The molecule has 0 aliphatic heterocycles. The molecule has 0 bridgehead atoms. The van der Waals surface area contributed by atoms with Gasteiger partial charge >= 0.3 is 5.97 Å². The topological polar surface area (TPSA) is 54.6 Å². The number of carbonyl (C=O) groups is 1. The molecule has 2 aromatic heterocycles. The van der Waals surface area contributed by atoms with Gasteiger partial charge in [-0.3, -0.25) is 4.40 Å². The van der Waals surface area contributed by atoms with E-state index in [-0.39, 0.29) is 0 Å². The Hall–Kier alpha value is -1.91. The van der Waals surface area contributed by atoms with Gasteiger partial charge in [0.2, 0.25) is 11.6 Å². The minimum absolute atomic E-state index is 0.305. The number of fused-ring (bicyclic) bond motifs is 1. The summed E-state index contributed by atoms with van der Waals surface area (Å²) in [5, 5.41) is 8.62. The lowest BCUT2D eigenvalue weighted by Crippen LogP contribution is -2.00. The summed E-state index contributed by atoms with van der Waals surface area (Å²) in [6.45, 7) is 1.83. The quantitative estimate of drug-likeness (QED) is 0.748. The Morgan fingerprint density at radius 1 is 1.64 bits per heavy atom. The van der Waals surface area contributed by atoms with Crippen molar-refractivity contribution in [2.75, 3.05) is 0 Å². The first-order valence-corrected chi connectivity index (χ1v) is 3.97. The van der Waals surface area contributed by atoms with Gasteiger partial charge in [-0.15, -0.1) is 0 Å². The second kappa shape index (κ2) is 2.80. The summed E-state index contributed by atoms with van der Waals surface area (Å²) < 4.78 is 14.4. The smallest absolute Gasteiger partial charge is 0.359 e. The minimum atomic E-state index is -1.36. The number of pyridine rings is 1. The Kier molecular flexibility index (Phi) is 1.73. The fraction of sp³-hybridized carbons (Fsp3) is 0.111. The van der Waals surface area contributed by atoms with Gasteiger partial charge in [-0.05, 0) is 24.6 Å². The molecule has 0 atom stereocenters. The number of aromatic nitrogens is 2. The van der Waals surface area contributed by atoms with Crippen LogP contribution >= 0.6 is 0 Å². The average molecular weight is 194 g/mol. The fourth-order valence-corrected chi connectivity index (χ4v) is 1.25. The second-order valence-corrected chi connectivity index (χ2v) is 2.99. The van der Waals surface area contributed by atoms with E-state index in [0.29, 0.717) is 5.65 Å². The molecule has 0 fully saturated rings. The standard InChI is InChI=1S/C9H7FN2O2/c1-5-2-3-12-6(4-5)11-7(8(12)10)9(13)14/h2-4H,1H3,(H,13,14). The Labute approximate surface area is 78.6 Å². The van der Waals surface area contributed by atoms with Crippen LogP contribution in [0.4, 0.5) is 4.39 Å². The van der Waals surface area contributed by atoms with Crippen molar-refractivity contribution in [1.82, 2.24) is 9.38 Å². The molecule has 0 unspecified atom stereocenters. The maximum absolute atomic E-state index is 13.3. The van der Waals surface area contributed by atoms with Crippen molar-refractivity contribution in [2.24, 2.45) is 0 Å². The van der Waals surface area contributed by atoms with E-state index < -0.39 is 17.6 Å². The van der Waals surface area contributed by atoms with Crippen molar-refractivity contribution in [3.05, 3.63) is 35.5 Å². The van der Waals surface area contributed by atoms with Crippen LogP contribution in [0.25, 0.3) is 5.65 Å². The first-order valence-electron chi connectivity index (χ1n) is 3.97. The third-order valence-electron chi connectivity index (χ3n) is 1.93. The average Bonchev–Trinajstić information content (AvgIpc) is 2.43. The molecular formula is C9H7FN2O2. The van der Waals surface area contributed by atoms with Crippen molar-refractivity contribution in [1.29, 1.82) is 0 Å². The summed E-state index contributed by atoms with van der Waals surface area (Å²) in [5.41, 5.74) is 0.662. The van der Waals surface area contributed by atoms with E-state index in [0.717, 1.165) is 9.96 Å². The molecule has 0 aliphatic rings. The minimum Gasteiger partial charge on any atom is -0.476 e. The lowest BCUT2D eigenvalue weighted by Gasteiger charge is -1.94. The number of carboxylic acid groups (broad SMARTS) is 1. The second-order valence-electron chi connectivity index (χ2n) is 2.99. The number of nitrogens with zero attached hydrogens (tertiary/aromatic N) is 2. The third kappa shape index (κ3) is 1.14. The van der Waals surface area contributed by atoms with Crippen LogP contribution in [0.1, 0.15) is 16.1 Å². The number of carboxylic acids is 1. The van der Waals surface area contributed by atoms with E-state index in [1.54, 1.807) is 12.1 Å². The molecule has 14 heavy (non-hydrogen) atoms. The van der Waals surface area contributed by atoms with Crippen LogP contribution in [-0.2, 0) is 0 Å². The highest BCUT2D eigenvalue weighted by molar-refractivity contribution is 5.86. The lowest BCUT2D eigenvalue weighted by atomic mass is 10.3. The molecule has 4 nitrogen and oxygen atoms in total. The van der Waals surface area contributed by atoms with E-state index >= 15 is 0 Å². The molecular weight excluding hydrogens is 187 g/mol. The lowest BCUT2D eigenvalue weighted by molar-refractivity contribution is 0.0685. The van der Waals surface area contributed by atoms with Crippen molar-refractivity contribution < 1.29 is 14.3 Å². The molecule has 0 aliphatic carbocycles. The van der Waals surface area contributed by atoms with Gasteiger partial charge in [-0.25, -0.2) is 9.78 Å². The molecule has 0 amide bonds. The number of hydrogen-bond donors (Lipinski definition) is 1. The van der Waals surface area contributed by atoms with Gasteiger partial charge in [-0.1, -0.05) is 0 Å². The number of halogens is 1. The van der Waals surface area contributed by atoms with E-state index in [4.69, 9.17) is 5.11 Å². The van der Waals surface area contributed by atoms with Gasteiger partial charge in [0.1, 0.15) is 5.65 Å². The molecule has 2 rings (SSSR count). The molecule has 1 N–H and O–H groups in total. The van der Waals surface area contributed by atoms with Crippen molar-refractivity contribution in [3.8, 4) is 0 Å². The predicted octanol–water partition coefficient (Wildman–Crippen LogP) is 1.48. The van der Waals surface area contributed by atoms with Gasteiger partial charge in [0, 0.05) is 6.20 Å². The van der Waals surface area contributed by atoms with Crippen LogP contribution in [-0.4, -0.2) is 20.5 Å². The zero-order valence-corrected chi connectivity index (χ0v) is 7.36. The molecule has 0 saturated heterocycles. The highest BCUT2D eigenvalue weighted by Crippen LogP contribution is 2.12. The summed E-state index contributed by atoms with van der Waals surface area (Å²) in [6, 6.07) is 3.30. The van der Waals surface area contributed by atoms with Crippen LogP contribution in [0.5, 0.6) is 0 Å². The Morgan fingerprint density at radius 3 is 3.00 bits per heavy atom.